The summed E-state index contributed by atoms with van der Waals surface area (Å²) in [6.07, 6.45) is 6.34. The number of fused-ring (bicyclic) bond motifs is 1. The minimum atomic E-state index is -0.0915. The largest absolute Gasteiger partial charge is 0.497 e. The Hall–Kier alpha value is -3.29. The normalized spacial score (nSPS) is 14.4. The van der Waals surface area contributed by atoms with Gasteiger partial charge in [-0.3, -0.25) is 4.79 Å². The van der Waals surface area contributed by atoms with E-state index in [4.69, 9.17) is 16.3 Å². The Labute approximate surface area is 203 Å². The topological polar surface area (TPSA) is 84.0 Å². The van der Waals surface area contributed by atoms with Crippen LogP contribution in [0.4, 0.5) is 0 Å². The maximum atomic E-state index is 13.3. The Balaban J connectivity index is 1.35. The molecule has 5 rings (SSSR count). The van der Waals surface area contributed by atoms with Gasteiger partial charge in [-0.1, -0.05) is 11.6 Å². The molecule has 2 aromatic heterocycles. The van der Waals surface area contributed by atoms with Crippen molar-refractivity contribution in [3.8, 4) is 11.4 Å². The Morgan fingerprint density at radius 3 is 2.76 bits per heavy atom. The predicted molar refractivity (Wildman–Crippen MR) is 134 cm³/mol. The van der Waals surface area contributed by atoms with Crippen LogP contribution in [0.25, 0.3) is 16.6 Å². The van der Waals surface area contributed by atoms with Gasteiger partial charge in [0, 0.05) is 34.6 Å². The molecule has 8 heteroatoms. The van der Waals surface area contributed by atoms with Crippen LogP contribution in [-0.4, -0.2) is 47.4 Å². The molecule has 176 valence electrons. The fourth-order valence-electron chi connectivity index (χ4n) is 4.71. The number of benzene rings is 2. The molecular weight excluding hydrogens is 450 g/mol. The van der Waals surface area contributed by atoms with Crippen molar-refractivity contribution >= 4 is 28.4 Å². The summed E-state index contributed by atoms with van der Waals surface area (Å²) in [6.45, 7) is 2.39. The van der Waals surface area contributed by atoms with Crippen LogP contribution in [0.3, 0.4) is 0 Å². The second-order valence-corrected chi connectivity index (χ2v) is 9.02. The zero-order valence-corrected chi connectivity index (χ0v) is 19.9. The number of nitrogens with one attached hydrogen (secondary N) is 3. The molecule has 0 aliphatic carbocycles. The third-order valence-electron chi connectivity index (χ3n) is 6.50. The first-order valence-electron chi connectivity index (χ1n) is 11.6. The number of rotatable bonds is 7. The Morgan fingerprint density at radius 1 is 1.21 bits per heavy atom. The van der Waals surface area contributed by atoms with E-state index < -0.39 is 0 Å². The number of piperidine rings is 1. The van der Waals surface area contributed by atoms with Gasteiger partial charge >= 0.3 is 0 Å². The average molecular weight is 478 g/mol. The molecular formula is C26H28ClN5O2. The van der Waals surface area contributed by atoms with Crippen LogP contribution in [0.2, 0.25) is 5.02 Å². The number of hydrogen-bond acceptors (Lipinski definition) is 4. The maximum absolute atomic E-state index is 13.3. The van der Waals surface area contributed by atoms with Gasteiger partial charge in [0.05, 0.1) is 30.3 Å². The maximum Gasteiger partial charge on any atom is 0.254 e. The zero-order chi connectivity index (χ0) is 23.5. The molecule has 0 unspecified atom stereocenters. The summed E-state index contributed by atoms with van der Waals surface area (Å²) in [5, 5.41) is 12.9. The summed E-state index contributed by atoms with van der Waals surface area (Å²) < 4.78 is 7.25. The molecule has 0 bridgehead atoms. The first-order chi connectivity index (χ1) is 16.6. The number of aromatic amines is 1. The number of nitrogens with zero attached hydrogens (tertiary/aromatic N) is 2. The highest BCUT2D eigenvalue weighted by Crippen LogP contribution is 2.30. The lowest BCUT2D eigenvalue weighted by Gasteiger charge is -2.24. The molecule has 7 nitrogen and oxygen atoms in total. The van der Waals surface area contributed by atoms with Crippen LogP contribution in [0.1, 0.15) is 40.4 Å². The summed E-state index contributed by atoms with van der Waals surface area (Å²) in [5.41, 5.74) is 4.72. The van der Waals surface area contributed by atoms with Crippen molar-refractivity contribution in [2.45, 2.75) is 25.2 Å². The Bertz CT molecular complexity index is 1290. The van der Waals surface area contributed by atoms with Crippen molar-refractivity contribution in [2.75, 3.05) is 26.7 Å². The molecule has 1 amide bonds. The summed E-state index contributed by atoms with van der Waals surface area (Å²) in [5.74, 6) is 0.992. The van der Waals surface area contributed by atoms with Crippen LogP contribution >= 0.6 is 11.6 Å². The number of H-pyrrole nitrogens is 1. The molecule has 0 saturated carbocycles. The highest BCUT2D eigenvalue weighted by atomic mass is 35.5. The fraction of sp³-hybridized carbons (Fsp3) is 0.308. The van der Waals surface area contributed by atoms with Crippen LogP contribution < -0.4 is 15.4 Å². The molecule has 1 aliphatic heterocycles. The number of carbonyl (C=O) groups excluding carboxylic acids is 1. The number of hydrogen-bond donors (Lipinski definition) is 3. The number of amides is 1. The number of halogens is 1. The van der Waals surface area contributed by atoms with E-state index in [0.29, 0.717) is 23.6 Å². The van der Waals surface area contributed by atoms with E-state index in [-0.39, 0.29) is 11.8 Å². The Kier molecular flexibility index (Phi) is 6.56. The minimum absolute atomic E-state index is 0.0915. The highest BCUT2D eigenvalue weighted by molar-refractivity contribution is 6.30. The minimum Gasteiger partial charge on any atom is -0.497 e. The molecule has 2 aromatic carbocycles. The van der Waals surface area contributed by atoms with Crippen molar-refractivity contribution in [1.82, 2.24) is 25.4 Å². The van der Waals surface area contributed by atoms with Gasteiger partial charge in [0.25, 0.3) is 5.91 Å². The standard InChI is InChI=1S/C26H28ClN5O2/c1-34-21-6-7-24-22(14-21)18(15-30-24)10-13-29-26(33)23-16-31-32(20-4-2-19(27)3-5-20)25(23)17-8-11-28-12-9-17/h2-7,14-17,28,30H,8-13H2,1H3,(H,29,33). The number of methoxy groups -OCH3 is 1. The van der Waals surface area contributed by atoms with Crippen molar-refractivity contribution in [1.29, 1.82) is 0 Å². The van der Waals surface area contributed by atoms with Gasteiger partial charge in [-0.25, -0.2) is 4.68 Å². The van der Waals surface area contributed by atoms with Gasteiger partial charge in [0.15, 0.2) is 0 Å². The van der Waals surface area contributed by atoms with Gasteiger partial charge in [0.1, 0.15) is 5.75 Å². The predicted octanol–water partition coefficient (Wildman–Crippen LogP) is 4.46. The molecule has 34 heavy (non-hydrogen) atoms. The summed E-state index contributed by atoms with van der Waals surface area (Å²) in [4.78, 5) is 16.6. The number of ether oxygens (including phenoxy) is 1. The highest BCUT2D eigenvalue weighted by Gasteiger charge is 2.27. The molecule has 0 atom stereocenters. The van der Waals surface area contributed by atoms with Crippen molar-refractivity contribution in [3.05, 3.63) is 76.7 Å². The molecule has 1 saturated heterocycles. The summed E-state index contributed by atoms with van der Waals surface area (Å²) in [7, 11) is 1.66. The number of aromatic nitrogens is 3. The van der Waals surface area contributed by atoms with E-state index in [1.165, 1.54) is 0 Å². The zero-order valence-electron chi connectivity index (χ0n) is 19.1. The van der Waals surface area contributed by atoms with E-state index in [1.807, 2.05) is 53.3 Å². The fourth-order valence-corrected chi connectivity index (χ4v) is 4.83. The molecule has 1 fully saturated rings. The third kappa shape index (κ3) is 4.54. The van der Waals surface area contributed by atoms with Gasteiger partial charge in [-0.15, -0.1) is 0 Å². The van der Waals surface area contributed by atoms with Crippen molar-refractivity contribution in [3.63, 3.8) is 0 Å². The first-order valence-corrected chi connectivity index (χ1v) is 12.0. The molecule has 0 radical (unpaired) electrons. The van der Waals surface area contributed by atoms with Gasteiger partial charge in [-0.05, 0) is 80.4 Å². The van der Waals surface area contributed by atoms with E-state index in [0.717, 1.165) is 59.5 Å². The van der Waals surface area contributed by atoms with E-state index in [9.17, 15) is 4.79 Å². The smallest absolute Gasteiger partial charge is 0.254 e. The molecule has 1 aliphatic rings. The monoisotopic (exact) mass is 477 g/mol. The summed E-state index contributed by atoms with van der Waals surface area (Å²) in [6, 6.07) is 13.5. The molecule has 4 aromatic rings. The third-order valence-corrected chi connectivity index (χ3v) is 6.75. The van der Waals surface area contributed by atoms with Crippen molar-refractivity contribution < 1.29 is 9.53 Å². The van der Waals surface area contributed by atoms with Gasteiger partial charge in [0.2, 0.25) is 0 Å². The lowest BCUT2D eigenvalue weighted by atomic mass is 9.91. The number of carbonyl (C=O) groups is 1. The van der Waals surface area contributed by atoms with Gasteiger partial charge in [-0.2, -0.15) is 5.10 Å². The summed E-state index contributed by atoms with van der Waals surface area (Å²) >= 11 is 6.08. The molecule has 0 spiro atoms. The lowest BCUT2D eigenvalue weighted by molar-refractivity contribution is 0.0952. The molecule has 3 N–H and O–H groups in total. The van der Waals surface area contributed by atoms with Crippen LogP contribution in [0.15, 0.2) is 54.9 Å². The second kappa shape index (κ2) is 9.91. The van der Waals surface area contributed by atoms with Crippen molar-refractivity contribution in [2.24, 2.45) is 0 Å². The van der Waals surface area contributed by atoms with E-state index in [2.05, 4.69) is 20.7 Å². The van der Waals surface area contributed by atoms with E-state index >= 15 is 0 Å². The van der Waals surface area contributed by atoms with E-state index in [1.54, 1.807) is 13.3 Å². The van der Waals surface area contributed by atoms with Crippen LogP contribution in [0, 0.1) is 0 Å². The van der Waals surface area contributed by atoms with Gasteiger partial charge < -0.3 is 20.4 Å². The molecule has 3 heterocycles. The first kappa shape index (κ1) is 22.5. The lowest BCUT2D eigenvalue weighted by Crippen LogP contribution is -2.31. The quantitative estimate of drug-likeness (QED) is 0.367. The van der Waals surface area contributed by atoms with Crippen LogP contribution in [0.5, 0.6) is 5.75 Å². The second-order valence-electron chi connectivity index (χ2n) is 8.59. The Morgan fingerprint density at radius 2 is 2.00 bits per heavy atom. The SMILES string of the molecule is COc1ccc2[nH]cc(CCNC(=O)c3cnn(-c4ccc(Cl)cc4)c3C3CCNCC3)c2c1. The van der Waals surface area contributed by atoms with Crippen LogP contribution in [-0.2, 0) is 6.42 Å². The average Bonchev–Trinajstić information content (AvgIpc) is 3.49.